The first kappa shape index (κ1) is 26.4. The van der Waals surface area contributed by atoms with Crippen LogP contribution in [-0.4, -0.2) is 0 Å². The highest BCUT2D eigenvalue weighted by atomic mass is 32.1. The van der Waals surface area contributed by atoms with Crippen molar-refractivity contribution in [3.8, 4) is 53.5 Å². The van der Waals surface area contributed by atoms with Gasteiger partial charge in [0.2, 0.25) is 0 Å². The van der Waals surface area contributed by atoms with Crippen LogP contribution < -0.4 is 0 Å². The normalized spacial score (nSPS) is 10.7. The Kier molecular flexibility index (Phi) is 7.00. The van der Waals surface area contributed by atoms with E-state index in [1.165, 1.54) is 38.3 Å². The molecule has 0 bridgehead atoms. The number of thiophene rings is 6. The van der Waals surface area contributed by atoms with Gasteiger partial charge in [0.05, 0.1) is 0 Å². The zero-order valence-corrected chi connectivity index (χ0v) is 25.8. The van der Waals surface area contributed by atoms with Crippen LogP contribution in [0.2, 0.25) is 0 Å². The van der Waals surface area contributed by atoms with E-state index in [0.717, 1.165) is 30.6 Å². The van der Waals surface area contributed by atoms with Gasteiger partial charge in [-0.2, -0.15) is 21.0 Å². The van der Waals surface area contributed by atoms with Crippen LogP contribution in [0.5, 0.6) is 0 Å². The van der Waals surface area contributed by atoms with Crippen molar-refractivity contribution in [3.63, 3.8) is 0 Å². The Bertz CT molecular complexity index is 1940. The molecular formula is C30H14N4S6. The Morgan fingerprint density at radius 3 is 1.02 bits per heavy atom. The molecule has 4 nitrogen and oxygen atoms in total. The van der Waals surface area contributed by atoms with Crippen molar-refractivity contribution in [1.29, 1.82) is 21.0 Å². The van der Waals surface area contributed by atoms with Crippen LogP contribution >= 0.6 is 68.0 Å². The molecule has 0 unspecified atom stereocenters. The van der Waals surface area contributed by atoms with E-state index in [2.05, 4.69) is 36.4 Å². The third-order valence-corrected chi connectivity index (χ3v) is 13.6. The minimum absolute atomic E-state index is 0.119. The van der Waals surface area contributed by atoms with E-state index in [-0.39, 0.29) is 11.1 Å². The lowest BCUT2D eigenvalue weighted by Crippen LogP contribution is -1.73. The van der Waals surface area contributed by atoms with Gasteiger partial charge in [0, 0.05) is 57.8 Å². The molecule has 6 aromatic rings. The van der Waals surface area contributed by atoms with E-state index in [1.807, 2.05) is 38.1 Å². The number of rotatable bonds is 5. The molecule has 10 heteroatoms. The maximum atomic E-state index is 9.09. The van der Waals surface area contributed by atoms with Gasteiger partial charge >= 0.3 is 0 Å². The molecule has 0 radical (unpaired) electrons. The van der Waals surface area contributed by atoms with Gasteiger partial charge in [-0.25, -0.2) is 0 Å². The van der Waals surface area contributed by atoms with Crippen molar-refractivity contribution in [2.75, 3.05) is 0 Å². The largest absolute Gasteiger partial charge is 0.192 e. The second kappa shape index (κ2) is 10.6. The van der Waals surface area contributed by atoms with E-state index in [9.17, 15) is 0 Å². The van der Waals surface area contributed by atoms with Gasteiger partial charge in [-0.05, 0) is 73.5 Å². The summed E-state index contributed by atoms with van der Waals surface area (Å²) in [6.07, 6.45) is 3.33. The van der Waals surface area contributed by atoms with Gasteiger partial charge in [0.1, 0.15) is 35.4 Å². The number of nitriles is 4. The van der Waals surface area contributed by atoms with Gasteiger partial charge in [-0.15, -0.1) is 68.0 Å². The molecule has 6 heterocycles. The van der Waals surface area contributed by atoms with Crippen molar-refractivity contribution in [2.45, 2.75) is 13.8 Å². The van der Waals surface area contributed by atoms with Crippen LogP contribution in [0.25, 0.3) is 60.2 Å². The first-order valence-electron chi connectivity index (χ1n) is 11.7. The van der Waals surface area contributed by atoms with Crippen LogP contribution in [0.3, 0.4) is 0 Å². The zero-order valence-electron chi connectivity index (χ0n) is 20.9. The summed E-state index contributed by atoms with van der Waals surface area (Å²) in [5, 5.41) is 36.4. The first-order chi connectivity index (χ1) is 19.4. The summed E-state index contributed by atoms with van der Waals surface area (Å²) in [4.78, 5) is 9.12. The molecule has 6 rings (SSSR count). The van der Waals surface area contributed by atoms with Gasteiger partial charge in [-0.1, -0.05) is 0 Å². The smallest absolute Gasteiger partial charge is 0.131 e. The third kappa shape index (κ3) is 4.83. The average Bonchev–Trinajstić information content (AvgIpc) is 3.76. The summed E-state index contributed by atoms with van der Waals surface area (Å²) >= 11 is 10.4. The molecule has 190 valence electrons. The number of fused-ring (bicyclic) bond motifs is 2. The Hall–Kier alpha value is -3.84. The number of hydrogen-bond donors (Lipinski definition) is 0. The van der Waals surface area contributed by atoms with E-state index in [1.54, 1.807) is 80.2 Å². The molecule has 0 atom stereocenters. The minimum atomic E-state index is 0.119. The highest BCUT2D eigenvalue weighted by Crippen LogP contribution is 2.48. The van der Waals surface area contributed by atoms with Crippen molar-refractivity contribution in [3.05, 3.63) is 68.4 Å². The molecule has 0 saturated heterocycles. The van der Waals surface area contributed by atoms with Crippen LogP contribution in [0, 0.1) is 59.2 Å². The van der Waals surface area contributed by atoms with Crippen molar-refractivity contribution in [1.82, 2.24) is 0 Å². The number of hydrogen-bond acceptors (Lipinski definition) is 10. The lowest BCUT2D eigenvalue weighted by molar-refractivity contribution is 1.47. The molecule has 0 saturated carbocycles. The van der Waals surface area contributed by atoms with Crippen molar-refractivity contribution in [2.24, 2.45) is 0 Å². The lowest BCUT2D eigenvalue weighted by atomic mass is 10.2. The molecular weight excluding hydrogens is 609 g/mol. The fourth-order valence-corrected chi connectivity index (χ4v) is 11.4. The van der Waals surface area contributed by atoms with Crippen LogP contribution in [0.15, 0.2) is 47.5 Å². The molecule has 40 heavy (non-hydrogen) atoms. The molecule has 0 aliphatic heterocycles. The molecule has 0 fully saturated rings. The van der Waals surface area contributed by atoms with Crippen LogP contribution in [0.4, 0.5) is 0 Å². The van der Waals surface area contributed by atoms with Crippen LogP contribution in [0.1, 0.15) is 20.9 Å². The fourth-order valence-electron chi connectivity index (χ4n) is 4.12. The molecule has 0 N–H and O–H groups in total. The predicted molar refractivity (Wildman–Crippen MR) is 173 cm³/mol. The minimum Gasteiger partial charge on any atom is -0.192 e. The average molecular weight is 623 g/mol. The maximum Gasteiger partial charge on any atom is 0.131 e. The lowest BCUT2D eigenvalue weighted by Gasteiger charge is -1.91. The predicted octanol–water partition coefficient (Wildman–Crippen LogP) is 10.8. The Balaban J connectivity index is 1.26. The maximum absolute atomic E-state index is 9.09. The molecule has 6 aromatic heterocycles. The van der Waals surface area contributed by atoms with Crippen molar-refractivity contribution < 1.29 is 0 Å². The zero-order chi connectivity index (χ0) is 28.0. The topological polar surface area (TPSA) is 95.2 Å². The molecule has 0 spiro atoms. The van der Waals surface area contributed by atoms with Gasteiger partial charge < -0.3 is 0 Å². The number of aryl methyl sites for hydroxylation is 2. The van der Waals surface area contributed by atoms with Crippen LogP contribution in [-0.2, 0) is 0 Å². The summed E-state index contributed by atoms with van der Waals surface area (Å²) in [6, 6.07) is 21.1. The summed E-state index contributed by atoms with van der Waals surface area (Å²) in [6.45, 7) is 4.02. The summed E-state index contributed by atoms with van der Waals surface area (Å²) in [7, 11) is 0. The quantitative estimate of drug-likeness (QED) is 0.179. The second-order valence-electron chi connectivity index (χ2n) is 8.78. The summed E-state index contributed by atoms with van der Waals surface area (Å²) in [5.41, 5.74) is 2.37. The van der Waals surface area contributed by atoms with Gasteiger partial charge in [-0.3, -0.25) is 0 Å². The van der Waals surface area contributed by atoms with E-state index >= 15 is 0 Å². The Morgan fingerprint density at radius 2 is 0.750 bits per heavy atom. The standard InChI is InChI=1S/C30H14N4S6/c1-15-3-21(35-19(15)5-17(11-31)12-32)23-7-25-27(37-23)9-29(39-25)30-10-28-26(40-30)8-24(38-28)22-4-16(2)20(36-22)6-18(13-33)14-34/h3-10H,1-2H3. The second-order valence-corrected chi connectivity index (χ2v) is 15.3. The van der Waals surface area contributed by atoms with E-state index in [0.29, 0.717) is 0 Å². The summed E-state index contributed by atoms with van der Waals surface area (Å²) in [5.74, 6) is 0. The van der Waals surface area contributed by atoms with E-state index < -0.39 is 0 Å². The number of allylic oxidation sites excluding steroid dienone is 2. The first-order valence-corrected chi connectivity index (χ1v) is 16.6. The van der Waals surface area contributed by atoms with Crippen molar-refractivity contribution >= 4 is 99.0 Å². The van der Waals surface area contributed by atoms with E-state index in [4.69, 9.17) is 21.0 Å². The summed E-state index contributed by atoms with van der Waals surface area (Å²) < 4.78 is 5.03. The Labute approximate surface area is 254 Å². The third-order valence-electron chi connectivity index (χ3n) is 6.09. The highest BCUT2D eigenvalue weighted by molar-refractivity contribution is 7.36. The van der Waals surface area contributed by atoms with Gasteiger partial charge in [0.25, 0.3) is 0 Å². The molecule has 0 aliphatic rings. The highest BCUT2D eigenvalue weighted by Gasteiger charge is 2.16. The van der Waals surface area contributed by atoms with Gasteiger partial charge in [0.15, 0.2) is 0 Å². The SMILES string of the molecule is Cc1cc(-c2cc3sc(-c4cc5sc(-c6cc(C)c(C=C(C#N)C#N)s6)cc5s4)cc3s2)sc1C=C(C#N)C#N. The number of nitrogens with zero attached hydrogens (tertiary/aromatic N) is 4. The fraction of sp³-hybridized carbons (Fsp3) is 0.0667. The Morgan fingerprint density at radius 1 is 0.475 bits per heavy atom. The molecule has 0 amide bonds. The molecule has 0 aromatic carbocycles. The monoisotopic (exact) mass is 622 g/mol. The molecule has 0 aliphatic carbocycles.